The molecule has 0 spiro atoms. The molecule has 1 aliphatic heterocycles. The fourth-order valence-corrected chi connectivity index (χ4v) is 5.48. The Labute approximate surface area is 191 Å². The monoisotopic (exact) mass is 472 g/mol. The van der Waals surface area contributed by atoms with Crippen LogP contribution >= 0.6 is 10.8 Å². The first-order chi connectivity index (χ1) is 15.8. The molecule has 10 nitrogen and oxygen atoms in total. The van der Waals surface area contributed by atoms with E-state index in [4.69, 9.17) is 5.11 Å². The molecule has 0 unspecified atom stereocenters. The predicted octanol–water partition coefficient (Wildman–Crippen LogP) is 3.16. The lowest BCUT2D eigenvalue weighted by Crippen LogP contribution is -2.35. The summed E-state index contributed by atoms with van der Waals surface area (Å²) >= 11 is 0. The van der Waals surface area contributed by atoms with E-state index in [-0.39, 0.29) is 35.7 Å². The third-order valence-electron chi connectivity index (χ3n) is 5.45. The number of carboxylic acids is 1. The van der Waals surface area contributed by atoms with Crippen LogP contribution in [-0.2, 0) is 17.8 Å². The van der Waals surface area contributed by atoms with E-state index in [1.807, 2.05) is 0 Å². The second kappa shape index (κ2) is 9.22. The van der Waals surface area contributed by atoms with Gasteiger partial charge >= 0.3 is 5.97 Å². The summed E-state index contributed by atoms with van der Waals surface area (Å²) in [6, 6.07) is 10.1. The summed E-state index contributed by atoms with van der Waals surface area (Å²) in [5.74, 6) is -1.73. The molecule has 0 saturated carbocycles. The SMILES string of the molecule is O=C(O)Cc1ccccc1CNC(=O)c1nc(N2CCCCS2(O)O)c2cccnc2c1O. The molecule has 0 bridgehead atoms. The van der Waals surface area contributed by atoms with Gasteiger partial charge in [-0.3, -0.25) is 28.0 Å². The van der Waals surface area contributed by atoms with E-state index in [2.05, 4.69) is 15.3 Å². The molecule has 1 aliphatic rings. The maximum absolute atomic E-state index is 13.0. The largest absolute Gasteiger partial charge is 0.504 e. The standard InChI is InChI=1S/C22H24N4O6S/c27-17(28)12-14-6-1-2-7-15(14)13-24-22(30)19-20(29)18-16(8-5-9-23-18)21(25-19)26-10-3-4-11-33(26,31)32/h1-2,5-9,29,31-32H,3-4,10-13H2,(H,24,30)(H,27,28). The van der Waals surface area contributed by atoms with Gasteiger partial charge in [0.1, 0.15) is 5.52 Å². The van der Waals surface area contributed by atoms with Crippen LogP contribution in [0.25, 0.3) is 10.9 Å². The number of amides is 1. The van der Waals surface area contributed by atoms with E-state index < -0.39 is 28.4 Å². The van der Waals surface area contributed by atoms with Crippen molar-refractivity contribution in [1.29, 1.82) is 0 Å². The van der Waals surface area contributed by atoms with Gasteiger partial charge in [0.15, 0.2) is 17.3 Å². The minimum absolute atomic E-state index is 0.0257. The molecule has 1 saturated heterocycles. The molecule has 0 aliphatic carbocycles. The summed E-state index contributed by atoms with van der Waals surface area (Å²) in [6.07, 6.45) is 2.66. The highest BCUT2D eigenvalue weighted by atomic mass is 32.3. The van der Waals surface area contributed by atoms with Gasteiger partial charge in [0, 0.05) is 24.7 Å². The van der Waals surface area contributed by atoms with E-state index in [1.54, 1.807) is 36.4 Å². The van der Waals surface area contributed by atoms with Gasteiger partial charge in [0.05, 0.1) is 12.2 Å². The van der Waals surface area contributed by atoms with Gasteiger partial charge in [0.25, 0.3) is 5.91 Å². The number of carboxylic acid groups (broad SMARTS) is 1. The van der Waals surface area contributed by atoms with Crippen LogP contribution in [-0.4, -0.2) is 53.5 Å². The molecular formula is C22H24N4O6S. The van der Waals surface area contributed by atoms with Gasteiger partial charge < -0.3 is 15.5 Å². The Kier molecular flexibility index (Phi) is 6.36. The molecule has 1 aromatic carbocycles. The first kappa shape index (κ1) is 22.8. The Morgan fingerprint density at radius 2 is 1.85 bits per heavy atom. The first-order valence-electron chi connectivity index (χ1n) is 10.4. The van der Waals surface area contributed by atoms with Crippen molar-refractivity contribution in [2.75, 3.05) is 16.6 Å². The predicted molar refractivity (Wildman–Crippen MR) is 124 cm³/mol. The van der Waals surface area contributed by atoms with Crippen LogP contribution in [0.5, 0.6) is 5.75 Å². The van der Waals surface area contributed by atoms with Gasteiger partial charge in [-0.05, 0) is 36.1 Å². The summed E-state index contributed by atoms with van der Waals surface area (Å²) in [4.78, 5) is 32.6. The van der Waals surface area contributed by atoms with Crippen molar-refractivity contribution in [3.8, 4) is 5.75 Å². The molecule has 0 atom stereocenters. The number of hydrogen-bond donors (Lipinski definition) is 5. The minimum Gasteiger partial charge on any atom is -0.504 e. The van der Waals surface area contributed by atoms with Gasteiger partial charge in [-0.2, -0.15) is 0 Å². The quantitative estimate of drug-likeness (QED) is 0.363. The smallest absolute Gasteiger partial charge is 0.307 e. The molecule has 11 heteroatoms. The fraction of sp³-hybridized carbons (Fsp3) is 0.273. The summed E-state index contributed by atoms with van der Waals surface area (Å²) in [7, 11) is -3.12. The van der Waals surface area contributed by atoms with Crippen LogP contribution in [0.1, 0.15) is 34.5 Å². The number of carbonyl (C=O) groups excluding carboxylic acids is 1. The van der Waals surface area contributed by atoms with Gasteiger partial charge in [-0.15, -0.1) is 10.8 Å². The molecule has 1 fully saturated rings. The van der Waals surface area contributed by atoms with Crippen molar-refractivity contribution < 1.29 is 28.9 Å². The number of hydrogen-bond acceptors (Lipinski definition) is 8. The highest BCUT2D eigenvalue weighted by Gasteiger charge is 2.31. The van der Waals surface area contributed by atoms with Crippen LogP contribution in [0.3, 0.4) is 0 Å². The second-order valence-corrected chi connectivity index (χ2v) is 9.81. The zero-order valence-electron chi connectivity index (χ0n) is 17.6. The normalized spacial score (nSPS) is 16.4. The average Bonchev–Trinajstić information content (AvgIpc) is 2.78. The van der Waals surface area contributed by atoms with Crippen molar-refractivity contribution in [3.63, 3.8) is 0 Å². The summed E-state index contributed by atoms with van der Waals surface area (Å²) < 4.78 is 22.6. The number of nitrogens with zero attached hydrogens (tertiary/aromatic N) is 3. The number of fused-ring (bicyclic) bond motifs is 1. The number of nitrogens with one attached hydrogen (secondary N) is 1. The molecule has 33 heavy (non-hydrogen) atoms. The summed E-state index contributed by atoms with van der Waals surface area (Å²) in [6.45, 7) is 0.367. The van der Waals surface area contributed by atoms with Crippen molar-refractivity contribution in [2.24, 2.45) is 0 Å². The zero-order valence-corrected chi connectivity index (χ0v) is 18.5. The molecule has 4 rings (SSSR count). The molecule has 1 amide bonds. The van der Waals surface area contributed by atoms with E-state index >= 15 is 0 Å². The van der Waals surface area contributed by atoms with Gasteiger partial charge in [0.2, 0.25) is 0 Å². The number of pyridine rings is 2. The van der Waals surface area contributed by atoms with E-state index in [0.29, 0.717) is 29.5 Å². The summed E-state index contributed by atoms with van der Waals surface area (Å²) in [5.41, 5.74) is 1.01. The number of rotatable bonds is 6. The molecule has 174 valence electrons. The minimum atomic E-state index is -3.12. The number of aliphatic carboxylic acids is 1. The van der Waals surface area contributed by atoms with Gasteiger partial charge in [-0.25, -0.2) is 4.98 Å². The number of anilines is 1. The zero-order chi connectivity index (χ0) is 23.6. The maximum Gasteiger partial charge on any atom is 0.307 e. The van der Waals surface area contributed by atoms with Crippen LogP contribution < -0.4 is 9.62 Å². The molecule has 0 radical (unpaired) electrons. The van der Waals surface area contributed by atoms with Gasteiger partial charge in [-0.1, -0.05) is 24.3 Å². The first-order valence-corrected chi connectivity index (χ1v) is 12.0. The Bertz CT molecular complexity index is 1220. The van der Waals surface area contributed by atoms with Crippen molar-refractivity contribution in [1.82, 2.24) is 15.3 Å². The Hall–Kier alpha value is -3.41. The van der Waals surface area contributed by atoms with Crippen LogP contribution in [0.15, 0.2) is 42.6 Å². The van der Waals surface area contributed by atoms with Crippen LogP contribution in [0.4, 0.5) is 5.82 Å². The summed E-state index contributed by atoms with van der Waals surface area (Å²) in [5, 5.41) is 22.9. The molecular weight excluding hydrogens is 448 g/mol. The molecule has 3 heterocycles. The van der Waals surface area contributed by atoms with Crippen LogP contribution in [0, 0.1) is 0 Å². The Morgan fingerprint density at radius 1 is 1.09 bits per heavy atom. The number of carbonyl (C=O) groups is 2. The number of aromatic nitrogens is 2. The lowest BCUT2D eigenvalue weighted by Gasteiger charge is -2.47. The molecule has 3 aromatic rings. The third-order valence-corrected chi connectivity index (χ3v) is 7.35. The van der Waals surface area contributed by atoms with E-state index in [0.717, 1.165) is 6.42 Å². The molecule has 5 N–H and O–H groups in total. The van der Waals surface area contributed by atoms with Crippen molar-refractivity contribution in [2.45, 2.75) is 25.8 Å². The molecule has 2 aromatic heterocycles. The Balaban J connectivity index is 1.69. The van der Waals surface area contributed by atoms with E-state index in [9.17, 15) is 23.8 Å². The topological polar surface area (TPSA) is 156 Å². The lowest BCUT2D eigenvalue weighted by molar-refractivity contribution is -0.136. The average molecular weight is 473 g/mol. The van der Waals surface area contributed by atoms with Crippen molar-refractivity contribution in [3.05, 3.63) is 59.4 Å². The maximum atomic E-state index is 13.0. The van der Waals surface area contributed by atoms with Crippen molar-refractivity contribution >= 4 is 39.4 Å². The fourth-order valence-electron chi connectivity index (χ4n) is 3.83. The highest BCUT2D eigenvalue weighted by Crippen LogP contribution is 2.51. The second-order valence-electron chi connectivity index (χ2n) is 7.70. The van der Waals surface area contributed by atoms with Crippen LogP contribution in [0.2, 0.25) is 0 Å². The lowest BCUT2D eigenvalue weighted by atomic mass is 10.0. The van der Waals surface area contributed by atoms with E-state index in [1.165, 1.54) is 10.5 Å². The highest BCUT2D eigenvalue weighted by molar-refractivity contribution is 8.25. The number of benzene rings is 1. The Morgan fingerprint density at radius 3 is 2.58 bits per heavy atom. The third kappa shape index (κ3) is 4.70. The number of aromatic hydroxyl groups is 1.